The van der Waals surface area contributed by atoms with Gasteiger partial charge >= 0.3 is 0 Å². The quantitative estimate of drug-likeness (QED) is 0.145. The number of benzene rings is 10. The Morgan fingerprint density at radius 1 is 0.418 bits per heavy atom. The summed E-state index contributed by atoms with van der Waals surface area (Å²) in [5.74, 6) is 0. The molecular formula is C64H48BrOP. The minimum absolute atomic E-state index is 0.347. The van der Waals surface area contributed by atoms with Crippen molar-refractivity contribution in [2.75, 3.05) is 7.11 Å². The maximum absolute atomic E-state index is 6.15. The van der Waals surface area contributed by atoms with E-state index in [4.69, 9.17) is 4.74 Å². The number of methoxy groups -OCH3 is 1. The second-order valence-electron chi connectivity index (χ2n) is 17.8. The van der Waals surface area contributed by atoms with Crippen molar-refractivity contribution in [3.8, 4) is 0 Å². The molecule has 3 heteroatoms. The normalized spacial score (nSPS) is 15.8. The molecule has 1 nitrogen and oxygen atoms in total. The molecule has 10 aromatic rings. The van der Waals surface area contributed by atoms with Gasteiger partial charge in [0.15, 0.2) is 0 Å². The first-order chi connectivity index (χ1) is 33.1. The van der Waals surface area contributed by atoms with Crippen molar-refractivity contribution < 1.29 is 4.74 Å². The lowest BCUT2D eigenvalue weighted by atomic mass is 9.84. The van der Waals surface area contributed by atoms with E-state index in [9.17, 15) is 0 Å². The molecule has 3 aliphatic rings. The molecule has 0 aliphatic heterocycles. The van der Waals surface area contributed by atoms with Crippen LogP contribution in [0.2, 0.25) is 0 Å². The maximum Gasteiger partial charge on any atom is 0.119 e. The third kappa shape index (κ3) is 7.13. The number of allylic oxidation sites excluding steroid dienone is 2. The first-order valence-electron chi connectivity index (χ1n) is 23.4. The maximum atomic E-state index is 6.15. The van der Waals surface area contributed by atoms with Crippen molar-refractivity contribution in [3.05, 3.63) is 279 Å². The molecule has 67 heavy (non-hydrogen) atoms. The van der Waals surface area contributed by atoms with Crippen LogP contribution in [-0.2, 0) is 29.6 Å². The summed E-state index contributed by atoms with van der Waals surface area (Å²) >= 11 is 3.69. The van der Waals surface area contributed by atoms with Gasteiger partial charge in [0.1, 0.15) is 5.60 Å². The highest BCUT2D eigenvalue weighted by Crippen LogP contribution is 2.49. The Labute approximate surface area is 403 Å². The van der Waals surface area contributed by atoms with Crippen LogP contribution in [0, 0.1) is 0 Å². The second kappa shape index (κ2) is 17.5. The molecule has 0 bridgehead atoms. The van der Waals surface area contributed by atoms with Crippen LogP contribution in [0.5, 0.6) is 0 Å². The molecule has 0 amide bonds. The SMILES string of the molecule is C1=C(c2cccc3ccccc23)c2cccc(P(c3ccccc3)c3cccc4c3CC=C4c3cccc4ccccc34)c2C1.COC1(c2cccc3ccccc23)CCc2c(Br)cccc21. The van der Waals surface area contributed by atoms with Gasteiger partial charge in [0.2, 0.25) is 0 Å². The van der Waals surface area contributed by atoms with Gasteiger partial charge in [-0.05, 0) is 149 Å². The van der Waals surface area contributed by atoms with Crippen LogP contribution < -0.4 is 15.9 Å². The number of halogens is 1. The molecule has 13 rings (SSSR count). The monoisotopic (exact) mass is 942 g/mol. The van der Waals surface area contributed by atoms with Gasteiger partial charge in [-0.2, -0.15) is 0 Å². The fraction of sp³-hybridized carbons (Fsp3) is 0.0938. The van der Waals surface area contributed by atoms with E-state index >= 15 is 0 Å². The molecule has 1 unspecified atom stereocenters. The Bertz CT molecular complexity index is 3440. The Kier molecular flexibility index (Phi) is 10.9. The Morgan fingerprint density at radius 2 is 0.866 bits per heavy atom. The molecular weight excluding hydrogens is 896 g/mol. The lowest BCUT2D eigenvalue weighted by molar-refractivity contribution is 0.0250. The van der Waals surface area contributed by atoms with Crippen LogP contribution >= 0.6 is 23.9 Å². The van der Waals surface area contributed by atoms with E-state index in [1.54, 1.807) is 0 Å². The van der Waals surface area contributed by atoms with E-state index < -0.39 is 7.92 Å². The molecule has 1 atom stereocenters. The summed E-state index contributed by atoms with van der Waals surface area (Å²) in [5, 5.41) is 12.1. The number of fused-ring (bicyclic) bond motifs is 6. The van der Waals surface area contributed by atoms with Crippen molar-refractivity contribution in [1.82, 2.24) is 0 Å². The van der Waals surface area contributed by atoms with E-state index in [1.165, 1.54) is 114 Å². The van der Waals surface area contributed by atoms with E-state index in [2.05, 4.69) is 240 Å². The van der Waals surface area contributed by atoms with Crippen LogP contribution in [-0.4, -0.2) is 7.11 Å². The van der Waals surface area contributed by atoms with Crippen molar-refractivity contribution in [2.45, 2.75) is 31.3 Å². The summed E-state index contributed by atoms with van der Waals surface area (Å²) < 4.78 is 7.34. The van der Waals surface area contributed by atoms with E-state index in [0.717, 1.165) is 25.7 Å². The zero-order valence-electron chi connectivity index (χ0n) is 37.4. The van der Waals surface area contributed by atoms with Gasteiger partial charge in [0, 0.05) is 11.6 Å². The topological polar surface area (TPSA) is 9.23 Å². The predicted molar refractivity (Wildman–Crippen MR) is 289 cm³/mol. The molecule has 0 N–H and O–H groups in total. The van der Waals surface area contributed by atoms with Crippen molar-refractivity contribution in [1.29, 1.82) is 0 Å². The van der Waals surface area contributed by atoms with Gasteiger partial charge in [-0.15, -0.1) is 0 Å². The number of hydrogen-bond donors (Lipinski definition) is 0. The minimum atomic E-state index is -0.763. The molecule has 0 radical (unpaired) electrons. The average molecular weight is 944 g/mol. The largest absolute Gasteiger partial charge is 0.369 e. The Morgan fingerprint density at radius 3 is 1.45 bits per heavy atom. The number of rotatable bonds is 7. The average Bonchev–Trinajstić information content (AvgIpc) is 4.14. The van der Waals surface area contributed by atoms with Gasteiger partial charge in [-0.3, -0.25) is 0 Å². The van der Waals surface area contributed by atoms with Crippen molar-refractivity contribution in [2.24, 2.45) is 0 Å². The summed E-state index contributed by atoms with van der Waals surface area (Å²) in [6.45, 7) is 0. The van der Waals surface area contributed by atoms with Gasteiger partial charge in [-0.1, -0.05) is 234 Å². The van der Waals surface area contributed by atoms with Crippen LogP contribution in [0.3, 0.4) is 0 Å². The molecule has 0 saturated carbocycles. The van der Waals surface area contributed by atoms with E-state index in [0.29, 0.717) is 0 Å². The Hall–Kier alpha value is -6.67. The molecule has 322 valence electrons. The van der Waals surface area contributed by atoms with Crippen LogP contribution in [0.25, 0.3) is 43.5 Å². The molecule has 3 aliphatic carbocycles. The van der Waals surface area contributed by atoms with E-state index in [-0.39, 0.29) is 5.60 Å². The standard InChI is InChI=1S/C44H31P.C20H17BrO/c1-2-16-32(17-3-1)45(43-24-10-22-37-39(26-28-41(37)43)35-20-8-14-30-12-4-6-18-33(30)35)44-25-11-23-38-40(27-29-42(38)44)36-21-9-15-31-13-5-7-19-34(31)36;1-22-20(13-12-16-18(20)10-5-11-19(16)21)17-9-4-7-14-6-2-3-8-15(14)17/h1-27H,28-29H2;2-11H,12-13H2,1H3. The summed E-state index contributed by atoms with van der Waals surface area (Å²) in [6, 6.07) is 77.8. The minimum Gasteiger partial charge on any atom is -0.369 e. The smallest absolute Gasteiger partial charge is 0.119 e. The summed E-state index contributed by atoms with van der Waals surface area (Å²) in [5.41, 5.74) is 14.7. The zero-order valence-corrected chi connectivity index (χ0v) is 39.9. The molecule has 0 heterocycles. The molecule has 0 aromatic heterocycles. The lowest BCUT2D eigenvalue weighted by Crippen LogP contribution is -2.27. The first kappa shape index (κ1) is 41.7. The van der Waals surface area contributed by atoms with Gasteiger partial charge in [0.25, 0.3) is 0 Å². The van der Waals surface area contributed by atoms with Gasteiger partial charge in [-0.25, -0.2) is 0 Å². The second-order valence-corrected chi connectivity index (χ2v) is 20.8. The summed E-state index contributed by atoms with van der Waals surface area (Å²) in [6.07, 6.45) is 8.87. The third-order valence-corrected chi connectivity index (χ3v) is 17.8. The van der Waals surface area contributed by atoms with Crippen LogP contribution in [0.1, 0.15) is 56.5 Å². The van der Waals surface area contributed by atoms with Gasteiger partial charge in [0.05, 0.1) is 0 Å². The van der Waals surface area contributed by atoms with Crippen LogP contribution in [0.15, 0.2) is 229 Å². The highest BCUT2D eigenvalue weighted by molar-refractivity contribution is 9.10. The molecule has 0 spiro atoms. The highest BCUT2D eigenvalue weighted by atomic mass is 79.9. The van der Waals surface area contributed by atoms with Crippen LogP contribution in [0.4, 0.5) is 0 Å². The lowest BCUT2D eigenvalue weighted by Gasteiger charge is -2.31. The number of ether oxygens (including phenoxy) is 1. The Balaban J connectivity index is 0.000000178. The summed E-state index contributed by atoms with van der Waals surface area (Å²) in [7, 11) is 1.07. The molecule has 0 saturated heterocycles. The fourth-order valence-electron chi connectivity index (χ4n) is 11.4. The fourth-order valence-corrected chi connectivity index (χ4v) is 14.6. The number of hydrogen-bond acceptors (Lipinski definition) is 1. The van der Waals surface area contributed by atoms with Crippen molar-refractivity contribution in [3.63, 3.8) is 0 Å². The summed E-state index contributed by atoms with van der Waals surface area (Å²) in [4.78, 5) is 0. The zero-order chi connectivity index (χ0) is 44.9. The predicted octanol–water partition coefficient (Wildman–Crippen LogP) is 15.2. The van der Waals surface area contributed by atoms with Crippen molar-refractivity contribution >= 4 is 83.2 Å². The molecule has 0 fully saturated rings. The third-order valence-electron chi connectivity index (χ3n) is 14.4. The first-order valence-corrected chi connectivity index (χ1v) is 25.5. The van der Waals surface area contributed by atoms with E-state index in [1.807, 2.05) is 7.11 Å². The highest BCUT2D eigenvalue weighted by Gasteiger charge is 2.42. The molecule has 10 aromatic carbocycles. The van der Waals surface area contributed by atoms with Gasteiger partial charge < -0.3 is 4.74 Å².